The summed E-state index contributed by atoms with van der Waals surface area (Å²) < 4.78 is 31.8. The van der Waals surface area contributed by atoms with Crippen molar-refractivity contribution in [1.82, 2.24) is 4.31 Å². The summed E-state index contributed by atoms with van der Waals surface area (Å²) in [6.45, 7) is 0.998. The molecular weight excluding hydrogens is 372 g/mol. The van der Waals surface area contributed by atoms with E-state index in [4.69, 9.17) is 4.74 Å². The largest absolute Gasteiger partial charge is 0.423 e. The first-order valence-electron chi connectivity index (χ1n) is 8.45. The normalized spacial score (nSPS) is 15.3. The van der Waals surface area contributed by atoms with Crippen LogP contribution in [0.4, 0.5) is 5.69 Å². The third-order valence-corrected chi connectivity index (χ3v) is 6.19. The minimum atomic E-state index is -3.57. The molecule has 1 aliphatic heterocycles. The van der Waals surface area contributed by atoms with Gasteiger partial charge in [-0.25, -0.2) is 13.2 Å². The number of sulfonamides is 1. The lowest BCUT2D eigenvalue weighted by molar-refractivity contribution is -0.384. The van der Waals surface area contributed by atoms with Gasteiger partial charge in [0.1, 0.15) is 5.75 Å². The average molecular weight is 390 g/mol. The van der Waals surface area contributed by atoms with E-state index in [-0.39, 0.29) is 21.9 Å². The van der Waals surface area contributed by atoms with Crippen LogP contribution >= 0.6 is 0 Å². The number of carbonyl (C=O) groups is 1. The van der Waals surface area contributed by atoms with E-state index in [9.17, 15) is 23.3 Å². The molecule has 0 bridgehead atoms. The maximum Gasteiger partial charge on any atom is 0.343 e. The van der Waals surface area contributed by atoms with Crippen LogP contribution in [0, 0.1) is 10.1 Å². The van der Waals surface area contributed by atoms with Crippen molar-refractivity contribution in [3.8, 4) is 5.75 Å². The lowest BCUT2D eigenvalue weighted by atomic mass is 10.2. The summed E-state index contributed by atoms with van der Waals surface area (Å²) in [4.78, 5) is 22.5. The van der Waals surface area contributed by atoms with Gasteiger partial charge in [-0.05, 0) is 43.2 Å². The molecule has 0 N–H and O–H groups in total. The molecule has 0 atom stereocenters. The number of benzene rings is 2. The molecule has 1 heterocycles. The third-order valence-electron chi connectivity index (χ3n) is 4.28. The smallest absolute Gasteiger partial charge is 0.343 e. The molecular formula is C18H18N2O6S. The second-order valence-corrected chi connectivity index (χ2v) is 8.07. The van der Waals surface area contributed by atoms with Crippen LogP contribution < -0.4 is 4.74 Å². The second kappa shape index (κ2) is 7.85. The van der Waals surface area contributed by atoms with E-state index in [0.717, 1.165) is 25.3 Å². The number of nitro benzene ring substituents is 1. The van der Waals surface area contributed by atoms with Gasteiger partial charge < -0.3 is 4.74 Å². The summed E-state index contributed by atoms with van der Waals surface area (Å²) in [5, 5.41) is 10.8. The van der Waals surface area contributed by atoms with Gasteiger partial charge >= 0.3 is 5.97 Å². The molecule has 27 heavy (non-hydrogen) atoms. The fourth-order valence-electron chi connectivity index (χ4n) is 2.84. The Labute approximate surface area is 156 Å². The molecule has 2 aromatic carbocycles. The van der Waals surface area contributed by atoms with Crippen molar-refractivity contribution >= 4 is 21.7 Å². The highest BCUT2D eigenvalue weighted by molar-refractivity contribution is 7.89. The number of nitro groups is 1. The Morgan fingerprint density at radius 1 is 1.04 bits per heavy atom. The van der Waals surface area contributed by atoms with Gasteiger partial charge in [-0.2, -0.15) is 4.31 Å². The number of non-ortho nitro benzene ring substituents is 1. The topological polar surface area (TPSA) is 107 Å². The molecule has 0 radical (unpaired) electrons. The van der Waals surface area contributed by atoms with E-state index >= 15 is 0 Å². The molecule has 0 aliphatic carbocycles. The first kappa shape index (κ1) is 19.0. The van der Waals surface area contributed by atoms with Gasteiger partial charge in [0.2, 0.25) is 10.0 Å². The van der Waals surface area contributed by atoms with Crippen molar-refractivity contribution in [3.05, 3.63) is 64.2 Å². The maximum atomic E-state index is 12.6. The highest BCUT2D eigenvalue weighted by Crippen LogP contribution is 2.23. The zero-order valence-corrected chi connectivity index (χ0v) is 15.2. The number of esters is 1. The Hall–Kier alpha value is -2.78. The van der Waals surface area contributed by atoms with E-state index < -0.39 is 20.9 Å². The zero-order valence-electron chi connectivity index (χ0n) is 14.4. The minimum Gasteiger partial charge on any atom is -0.423 e. The van der Waals surface area contributed by atoms with Crippen LogP contribution in [-0.2, 0) is 10.0 Å². The van der Waals surface area contributed by atoms with Crippen molar-refractivity contribution < 1.29 is 22.9 Å². The molecule has 1 fully saturated rings. The third kappa shape index (κ3) is 4.32. The lowest BCUT2D eigenvalue weighted by Gasteiger charge is -2.25. The van der Waals surface area contributed by atoms with Gasteiger partial charge in [0.05, 0.1) is 21.4 Å². The summed E-state index contributed by atoms with van der Waals surface area (Å²) >= 11 is 0. The minimum absolute atomic E-state index is 0.0409. The van der Waals surface area contributed by atoms with Gasteiger partial charge in [-0.15, -0.1) is 0 Å². The number of hydrogen-bond acceptors (Lipinski definition) is 6. The van der Waals surface area contributed by atoms with Gasteiger partial charge in [0.25, 0.3) is 5.69 Å². The Kier molecular flexibility index (Phi) is 5.52. The summed E-state index contributed by atoms with van der Waals surface area (Å²) in [6.07, 6.45) is 2.70. The summed E-state index contributed by atoms with van der Waals surface area (Å²) in [5.74, 6) is -0.684. The van der Waals surface area contributed by atoms with Crippen molar-refractivity contribution in [2.45, 2.75) is 24.2 Å². The van der Waals surface area contributed by atoms with E-state index in [2.05, 4.69) is 0 Å². The number of nitrogens with zero attached hydrogens (tertiary/aromatic N) is 2. The molecule has 0 amide bonds. The van der Waals surface area contributed by atoms with Crippen LogP contribution in [0.3, 0.4) is 0 Å². The number of ether oxygens (including phenoxy) is 1. The van der Waals surface area contributed by atoms with Crippen LogP contribution in [0.15, 0.2) is 53.4 Å². The first-order chi connectivity index (χ1) is 12.9. The molecule has 0 aromatic heterocycles. The Morgan fingerprint density at radius 2 is 1.70 bits per heavy atom. The van der Waals surface area contributed by atoms with Crippen LogP contribution in [0.2, 0.25) is 0 Å². The fraction of sp³-hybridized carbons (Fsp3) is 0.278. The molecule has 1 aliphatic rings. The molecule has 2 aromatic rings. The number of carbonyl (C=O) groups excluding carboxylic acids is 1. The zero-order chi connectivity index (χ0) is 19.4. The predicted molar refractivity (Wildman–Crippen MR) is 97.1 cm³/mol. The van der Waals surface area contributed by atoms with Gasteiger partial charge in [-0.3, -0.25) is 10.1 Å². The standard InChI is InChI=1S/C18H18N2O6S/c21-18(26-16-6-4-5-15(13-16)20(22)23)14-7-9-17(10-8-14)27(24,25)19-11-2-1-3-12-19/h4-10,13H,1-3,11-12H2. The van der Waals surface area contributed by atoms with Crippen LogP contribution in [0.5, 0.6) is 5.75 Å². The molecule has 9 heteroatoms. The molecule has 3 rings (SSSR count). The van der Waals surface area contributed by atoms with Crippen molar-refractivity contribution in [2.75, 3.05) is 13.1 Å². The van der Waals surface area contributed by atoms with E-state index in [1.165, 1.54) is 46.8 Å². The van der Waals surface area contributed by atoms with E-state index in [1.54, 1.807) is 0 Å². The molecule has 0 spiro atoms. The van der Waals surface area contributed by atoms with Crippen molar-refractivity contribution in [2.24, 2.45) is 0 Å². The quantitative estimate of drug-likeness (QED) is 0.336. The predicted octanol–water partition coefficient (Wildman–Crippen LogP) is 2.99. The fourth-order valence-corrected chi connectivity index (χ4v) is 4.36. The van der Waals surface area contributed by atoms with Crippen molar-refractivity contribution in [3.63, 3.8) is 0 Å². The highest BCUT2D eigenvalue weighted by atomic mass is 32.2. The van der Waals surface area contributed by atoms with Crippen LogP contribution in [0.1, 0.15) is 29.6 Å². The Morgan fingerprint density at radius 3 is 2.33 bits per heavy atom. The van der Waals surface area contributed by atoms with E-state index in [0.29, 0.717) is 13.1 Å². The molecule has 1 saturated heterocycles. The lowest BCUT2D eigenvalue weighted by Crippen LogP contribution is -2.35. The number of hydrogen-bond donors (Lipinski definition) is 0. The monoisotopic (exact) mass is 390 g/mol. The Balaban J connectivity index is 1.74. The van der Waals surface area contributed by atoms with Crippen LogP contribution in [-0.4, -0.2) is 36.7 Å². The van der Waals surface area contributed by atoms with Gasteiger partial charge in [-0.1, -0.05) is 12.5 Å². The summed E-state index contributed by atoms with van der Waals surface area (Å²) in [6, 6.07) is 10.8. The molecule has 8 nitrogen and oxygen atoms in total. The van der Waals surface area contributed by atoms with Crippen LogP contribution in [0.25, 0.3) is 0 Å². The highest BCUT2D eigenvalue weighted by Gasteiger charge is 2.26. The van der Waals surface area contributed by atoms with E-state index in [1.807, 2.05) is 0 Å². The molecule has 0 unspecified atom stereocenters. The molecule has 0 saturated carbocycles. The number of rotatable bonds is 5. The summed E-state index contributed by atoms with van der Waals surface area (Å²) in [5.41, 5.74) is -0.0395. The number of piperidine rings is 1. The summed E-state index contributed by atoms with van der Waals surface area (Å²) in [7, 11) is -3.57. The van der Waals surface area contributed by atoms with Gasteiger partial charge in [0.15, 0.2) is 0 Å². The SMILES string of the molecule is O=C(Oc1cccc([N+](=O)[O-])c1)c1ccc(S(=O)(=O)N2CCCCC2)cc1. The van der Waals surface area contributed by atoms with Crippen molar-refractivity contribution in [1.29, 1.82) is 0 Å². The average Bonchev–Trinajstić information content (AvgIpc) is 2.69. The second-order valence-electron chi connectivity index (χ2n) is 6.13. The van der Waals surface area contributed by atoms with Gasteiger partial charge in [0, 0.05) is 19.2 Å². The Bertz CT molecular complexity index is 950. The molecule has 142 valence electrons. The maximum absolute atomic E-state index is 12.6. The first-order valence-corrected chi connectivity index (χ1v) is 9.89.